The Balaban J connectivity index is 2.38. The number of aromatic carboxylic acids is 1. The molecule has 0 amide bonds. The summed E-state index contributed by atoms with van der Waals surface area (Å²) in [5, 5.41) is 19.7. The number of aromatic nitrogens is 1. The van der Waals surface area contributed by atoms with E-state index in [2.05, 4.69) is 4.98 Å². The van der Waals surface area contributed by atoms with Gasteiger partial charge in [0.15, 0.2) is 5.69 Å². The number of nitrogens with zero attached hydrogens (tertiary/aromatic N) is 2. The van der Waals surface area contributed by atoms with Crippen molar-refractivity contribution in [3.05, 3.63) is 56.7 Å². The van der Waals surface area contributed by atoms with E-state index in [9.17, 15) is 14.9 Å². The third-order valence-corrected chi connectivity index (χ3v) is 2.93. The molecule has 0 fully saturated rings. The van der Waals surface area contributed by atoms with Gasteiger partial charge in [-0.3, -0.25) is 10.1 Å². The van der Waals surface area contributed by atoms with E-state index in [-0.39, 0.29) is 28.0 Å². The summed E-state index contributed by atoms with van der Waals surface area (Å²) in [6.45, 7) is 1.70. The van der Waals surface area contributed by atoms with Crippen molar-refractivity contribution in [1.29, 1.82) is 0 Å². The highest BCUT2D eigenvalue weighted by atomic mass is 35.5. The minimum Gasteiger partial charge on any atom is -0.476 e. The van der Waals surface area contributed by atoms with Crippen LogP contribution in [0, 0.1) is 17.0 Å². The number of aryl methyl sites for hydroxylation is 1. The first-order valence-electron chi connectivity index (χ1n) is 5.71. The van der Waals surface area contributed by atoms with E-state index in [1.165, 1.54) is 30.3 Å². The summed E-state index contributed by atoms with van der Waals surface area (Å²) < 4.78 is 5.41. The smallest absolute Gasteiger partial charge is 0.356 e. The molecule has 0 radical (unpaired) electrons. The maximum atomic E-state index is 10.9. The van der Waals surface area contributed by atoms with Crippen molar-refractivity contribution >= 4 is 23.3 Å². The minimum absolute atomic E-state index is 0.0135. The number of carboxylic acids is 1. The van der Waals surface area contributed by atoms with Crippen LogP contribution in [0.25, 0.3) is 0 Å². The molecule has 1 aromatic heterocycles. The zero-order chi connectivity index (χ0) is 15.6. The van der Waals surface area contributed by atoms with Gasteiger partial charge in [-0.1, -0.05) is 11.6 Å². The number of carboxylic acid groups (broad SMARTS) is 1. The third-order valence-electron chi connectivity index (χ3n) is 2.62. The van der Waals surface area contributed by atoms with Gasteiger partial charge in [0.2, 0.25) is 5.88 Å². The highest BCUT2D eigenvalue weighted by molar-refractivity contribution is 6.33. The molecule has 0 atom stereocenters. The summed E-state index contributed by atoms with van der Waals surface area (Å²) in [5.74, 6) is -1.09. The molecule has 0 aliphatic heterocycles. The Labute approximate surface area is 123 Å². The molecule has 1 heterocycles. The van der Waals surface area contributed by atoms with Crippen LogP contribution in [-0.4, -0.2) is 21.0 Å². The zero-order valence-electron chi connectivity index (χ0n) is 10.7. The molecule has 0 spiro atoms. The topological polar surface area (TPSA) is 103 Å². The Bertz CT molecular complexity index is 732. The van der Waals surface area contributed by atoms with E-state index in [0.29, 0.717) is 5.56 Å². The van der Waals surface area contributed by atoms with E-state index in [1.807, 2.05) is 0 Å². The molecule has 1 N–H and O–H groups in total. The molecule has 21 heavy (non-hydrogen) atoms. The van der Waals surface area contributed by atoms with Crippen LogP contribution in [0.15, 0.2) is 30.3 Å². The second-order valence-electron chi connectivity index (χ2n) is 4.09. The number of hydrogen-bond acceptors (Lipinski definition) is 5. The second-order valence-corrected chi connectivity index (χ2v) is 4.50. The van der Waals surface area contributed by atoms with Gasteiger partial charge in [0.05, 0.1) is 16.0 Å². The molecule has 2 aromatic rings. The lowest BCUT2D eigenvalue weighted by Gasteiger charge is -2.08. The first-order chi connectivity index (χ1) is 9.88. The number of benzene rings is 1. The molecule has 8 heteroatoms. The Morgan fingerprint density at radius 2 is 2.10 bits per heavy atom. The normalized spacial score (nSPS) is 10.2. The number of nitro benzene ring substituents is 1. The van der Waals surface area contributed by atoms with Crippen LogP contribution in [0.5, 0.6) is 11.6 Å². The van der Waals surface area contributed by atoms with Gasteiger partial charge >= 0.3 is 5.97 Å². The van der Waals surface area contributed by atoms with Gasteiger partial charge in [0.1, 0.15) is 5.75 Å². The van der Waals surface area contributed by atoms with Crippen LogP contribution in [-0.2, 0) is 0 Å². The number of halogens is 1. The summed E-state index contributed by atoms with van der Waals surface area (Å²) in [6.07, 6.45) is 0. The quantitative estimate of drug-likeness (QED) is 0.685. The number of ether oxygens (including phenoxy) is 1. The SMILES string of the molecule is Cc1ccc([N+](=O)[O-])cc1Oc1ccc(Cl)c(C(=O)O)n1. The molecule has 0 unspecified atom stereocenters. The second kappa shape index (κ2) is 5.76. The predicted octanol–water partition coefficient (Wildman–Crippen LogP) is 3.44. The first-order valence-corrected chi connectivity index (χ1v) is 6.09. The summed E-state index contributed by atoms with van der Waals surface area (Å²) in [6, 6.07) is 6.83. The average Bonchev–Trinajstić information content (AvgIpc) is 2.42. The Kier molecular flexibility index (Phi) is 4.04. The van der Waals surface area contributed by atoms with Crippen LogP contribution in [0.4, 0.5) is 5.69 Å². The van der Waals surface area contributed by atoms with E-state index < -0.39 is 10.9 Å². The lowest BCUT2D eigenvalue weighted by atomic mass is 10.2. The number of hydrogen-bond donors (Lipinski definition) is 1. The van der Waals surface area contributed by atoms with Gasteiger partial charge < -0.3 is 9.84 Å². The zero-order valence-corrected chi connectivity index (χ0v) is 11.5. The largest absolute Gasteiger partial charge is 0.476 e. The fourth-order valence-corrected chi connectivity index (χ4v) is 1.74. The van der Waals surface area contributed by atoms with Crippen LogP contribution >= 0.6 is 11.6 Å². The molecular formula is C13H9ClN2O5. The average molecular weight is 309 g/mol. The molecule has 0 aliphatic rings. The van der Waals surface area contributed by atoms with E-state index in [1.54, 1.807) is 6.92 Å². The van der Waals surface area contributed by atoms with Gasteiger partial charge in [-0.05, 0) is 24.6 Å². The Hall–Kier alpha value is -2.67. The van der Waals surface area contributed by atoms with Gasteiger partial charge in [-0.15, -0.1) is 0 Å². The van der Waals surface area contributed by atoms with Gasteiger partial charge in [-0.2, -0.15) is 0 Å². The van der Waals surface area contributed by atoms with Crippen molar-refractivity contribution in [1.82, 2.24) is 4.98 Å². The lowest BCUT2D eigenvalue weighted by Crippen LogP contribution is -2.02. The van der Waals surface area contributed by atoms with Crippen LogP contribution < -0.4 is 4.74 Å². The van der Waals surface area contributed by atoms with Crippen molar-refractivity contribution in [2.45, 2.75) is 6.92 Å². The molecule has 2 rings (SSSR count). The maximum absolute atomic E-state index is 10.9. The third kappa shape index (κ3) is 3.26. The number of rotatable bonds is 4. The van der Waals surface area contributed by atoms with Gasteiger partial charge in [0, 0.05) is 12.1 Å². The van der Waals surface area contributed by atoms with Gasteiger partial charge in [-0.25, -0.2) is 9.78 Å². The summed E-state index contributed by atoms with van der Waals surface area (Å²) in [4.78, 5) is 24.9. The standard InChI is InChI=1S/C13H9ClN2O5/c1-7-2-3-8(16(19)20)6-10(7)21-11-5-4-9(14)12(15-11)13(17)18/h2-6H,1H3,(H,17,18). The van der Waals surface area contributed by atoms with Crippen molar-refractivity contribution in [3.8, 4) is 11.6 Å². The Morgan fingerprint density at radius 3 is 2.71 bits per heavy atom. The summed E-state index contributed by atoms with van der Waals surface area (Å²) >= 11 is 5.70. The summed E-state index contributed by atoms with van der Waals surface area (Å²) in [5.41, 5.74) is 0.162. The maximum Gasteiger partial charge on any atom is 0.356 e. The summed E-state index contributed by atoms with van der Waals surface area (Å²) in [7, 11) is 0. The van der Waals surface area contributed by atoms with E-state index in [4.69, 9.17) is 21.4 Å². The number of pyridine rings is 1. The first kappa shape index (κ1) is 14.7. The van der Waals surface area contributed by atoms with E-state index >= 15 is 0 Å². The predicted molar refractivity (Wildman–Crippen MR) is 74.1 cm³/mol. The van der Waals surface area contributed by atoms with Crippen molar-refractivity contribution < 1.29 is 19.6 Å². The van der Waals surface area contributed by atoms with Crippen molar-refractivity contribution in [2.24, 2.45) is 0 Å². The molecule has 7 nitrogen and oxygen atoms in total. The van der Waals surface area contributed by atoms with E-state index in [0.717, 1.165) is 0 Å². The van der Waals surface area contributed by atoms with Gasteiger partial charge in [0.25, 0.3) is 5.69 Å². The highest BCUT2D eigenvalue weighted by Crippen LogP contribution is 2.29. The number of non-ortho nitro benzene ring substituents is 1. The minimum atomic E-state index is -1.29. The van der Waals surface area contributed by atoms with Crippen LogP contribution in [0.3, 0.4) is 0 Å². The molecular weight excluding hydrogens is 300 g/mol. The van der Waals surface area contributed by atoms with Crippen molar-refractivity contribution in [3.63, 3.8) is 0 Å². The molecule has 108 valence electrons. The fraction of sp³-hybridized carbons (Fsp3) is 0.0769. The fourth-order valence-electron chi connectivity index (χ4n) is 1.56. The monoisotopic (exact) mass is 308 g/mol. The molecule has 0 saturated carbocycles. The number of nitro groups is 1. The molecule has 0 aliphatic carbocycles. The number of carbonyl (C=O) groups is 1. The Morgan fingerprint density at radius 1 is 1.38 bits per heavy atom. The van der Waals surface area contributed by atoms with Crippen LogP contribution in [0.1, 0.15) is 16.1 Å². The highest BCUT2D eigenvalue weighted by Gasteiger charge is 2.14. The lowest BCUT2D eigenvalue weighted by molar-refractivity contribution is -0.384. The molecule has 0 saturated heterocycles. The van der Waals surface area contributed by atoms with Crippen LogP contribution in [0.2, 0.25) is 5.02 Å². The molecule has 0 bridgehead atoms. The van der Waals surface area contributed by atoms with Crippen molar-refractivity contribution in [2.75, 3.05) is 0 Å². The molecule has 1 aromatic carbocycles.